The monoisotopic (exact) mass is 230 g/mol. The Bertz CT molecular complexity index is 284. The number of nitrogens with zero attached hydrogens (tertiary/aromatic N) is 2. The van der Waals surface area contributed by atoms with E-state index in [4.69, 9.17) is 18.7 Å². The Balaban J connectivity index is 2.58. The Morgan fingerprint density at radius 3 is 2.50 bits per heavy atom. The van der Waals surface area contributed by atoms with Crippen LogP contribution in [0.5, 0.6) is 0 Å². The van der Waals surface area contributed by atoms with Gasteiger partial charge in [-0.3, -0.25) is 0 Å². The molecule has 0 saturated heterocycles. The van der Waals surface area contributed by atoms with Crippen LogP contribution < -0.4 is 0 Å². The molecule has 0 saturated carbocycles. The molecular formula is C10H18N2O4. The van der Waals surface area contributed by atoms with Gasteiger partial charge in [0.1, 0.15) is 0 Å². The lowest BCUT2D eigenvalue weighted by molar-refractivity contribution is -0.155. The molecule has 92 valence electrons. The van der Waals surface area contributed by atoms with E-state index in [1.165, 1.54) is 0 Å². The highest BCUT2D eigenvalue weighted by molar-refractivity contribution is 4.87. The zero-order valence-corrected chi connectivity index (χ0v) is 9.93. The molecule has 1 aromatic heterocycles. The fraction of sp³-hybridized carbons (Fsp3) is 0.800. The van der Waals surface area contributed by atoms with Crippen molar-refractivity contribution in [1.82, 2.24) is 10.1 Å². The molecule has 0 aliphatic heterocycles. The van der Waals surface area contributed by atoms with Crippen LogP contribution in [0.1, 0.15) is 31.9 Å². The Labute approximate surface area is 94.9 Å². The van der Waals surface area contributed by atoms with Crippen molar-refractivity contribution >= 4 is 0 Å². The summed E-state index contributed by atoms with van der Waals surface area (Å²) in [7, 11) is 1.63. The lowest BCUT2D eigenvalue weighted by Gasteiger charge is -2.11. The lowest BCUT2D eigenvalue weighted by atomic mass is 10.4. The van der Waals surface area contributed by atoms with Crippen LogP contribution in [0.3, 0.4) is 0 Å². The molecule has 0 spiro atoms. The van der Waals surface area contributed by atoms with E-state index >= 15 is 0 Å². The van der Waals surface area contributed by atoms with E-state index in [1.807, 2.05) is 13.8 Å². The molecule has 0 aliphatic carbocycles. The molecule has 0 amide bonds. The van der Waals surface area contributed by atoms with Gasteiger partial charge in [-0.25, -0.2) is 0 Å². The maximum atomic E-state index is 5.34. The molecule has 0 bridgehead atoms. The lowest BCUT2D eigenvalue weighted by Crippen LogP contribution is -2.09. The topological polar surface area (TPSA) is 66.6 Å². The van der Waals surface area contributed by atoms with Crippen molar-refractivity contribution < 1.29 is 18.7 Å². The van der Waals surface area contributed by atoms with Crippen LogP contribution in [0.15, 0.2) is 4.52 Å². The largest absolute Gasteiger partial charge is 0.384 e. The highest BCUT2D eigenvalue weighted by atomic mass is 16.7. The Morgan fingerprint density at radius 1 is 1.25 bits per heavy atom. The summed E-state index contributed by atoms with van der Waals surface area (Å²) in [5.41, 5.74) is 0. The molecule has 6 heteroatoms. The van der Waals surface area contributed by atoms with Gasteiger partial charge in [0.25, 0.3) is 5.89 Å². The normalized spacial score (nSPS) is 11.2. The van der Waals surface area contributed by atoms with Crippen molar-refractivity contribution in [3.05, 3.63) is 11.7 Å². The Hall–Kier alpha value is -0.980. The third-order valence-electron chi connectivity index (χ3n) is 1.85. The standard InChI is InChI=1S/C10H18N2O4/c1-4-14-10(15-5-2)9-11-8(12-16-9)6-7-13-3/h10H,4-7H2,1-3H3. The first-order valence-electron chi connectivity index (χ1n) is 5.36. The number of hydrogen-bond acceptors (Lipinski definition) is 6. The predicted octanol–water partition coefficient (Wildman–Crippen LogP) is 1.33. The highest BCUT2D eigenvalue weighted by Crippen LogP contribution is 2.16. The van der Waals surface area contributed by atoms with Gasteiger partial charge in [-0.05, 0) is 13.8 Å². The van der Waals surface area contributed by atoms with E-state index in [0.717, 1.165) is 0 Å². The summed E-state index contributed by atoms with van der Waals surface area (Å²) in [5, 5.41) is 3.81. The molecule has 1 rings (SSSR count). The fourth-order valence-corrected chi connectivity index (χ4v) is 1.15. The van der Waals surface area contributed by atoms with Crippen LogP contribution in [0.25, 0.3) is 0 Å². The maximum Gasteiger partial charge on any atom is 0.283 e. The van der Waals surface area contributed by atoms with Gasteiger partial charge in [0.15, 0.2) is 5.82 Å². The number of hydrogen-bond donors (Lipinski definition) is 0. The SMILES string of the molecule is CCOC(OCC)c1nc(CCOC)no1. The van der Waals surface area contributed by atoms with Gasteiger partial charge in [0.2, 0.25) is 6.29 Å². The molecular weight excluding hydrogens is 212 g/mol. The van der Waals surface area contributed by atoms with Gasteiger partial charge in [-0.2, -0.15) is 4.98 Å². The van der Waals surface area contributed by atoms with E-state index < -0.39 is 6.29 Å². The zero-order valence-electron chi connectivity index (χ0n) is 9.93. The number of aromatic nitrogens is 2. The maximum absolute atomic E-state index is 5.34. The van der Waals surface area contributed by atoms with Crippen molar-refractivity contribution in [2.24, 2.45) is 0 Å². The number of ether oxygens (including phenoxy) is 3. The third-order valence-corrected chi connectivity index (χ3v) is 1.85. The fourth-order valence-electron chi connectivity index (χ4n) is 1.15. The average molecular weight is 230 g/mol. The first-order chi connectivity index (χ1) is 7.81. The van der Waals surface area contributed by atoms with Crippen LogP contribution >= 0.6 is 0 Å². The van der Waals surface area contributed by atoms with Crippen molar-refractivity contribution in [2.45, 2.75) is 26.6 Å². The minimum Gasteiger partial charge on any atom is -0.384 e. The van der Waals surface area contributed by atoms with Gasteiger partial charge >= 0.3 is 0 Å². The Morgan fingerprint density at radius 2 is 1.94 bits per heavy atom. The van der Waals surface area contributed by atoms with E-state index in [9.17, 15) is 0 Å². The minimum atomic E-state index is -0.571. The van der Waals surface area contributed by atoms with E-state index in [1.54, 1.807) is 7.11 Å². The van der Waals surface area contributed by atoms with E-state index in [-0.39, 0.29) is 0 Å². The minimum absolute atomic E-state index is 0.356. The van der Waals surface area contributed by atoms with Crippen LogP contribution in [0.2, 0.25) is 0 Å². The van der Waals surface area contributed by atoms with E-state index in [2.05, 4.69) is 10.1 Å². The van der Waals surface area contributed by atoms with E-state index in [0.29, 0.717) is 38.0 Å². The van der Waals surface area contributed by atoms with Crippen molar-refractivity contribution in [3.8, 4) is 0 Å². The molecule has 16 heavy (non-hydrogen) atoms. The van der Waals surface area contributed by atoms with Crippen LogP contribution in [-0.2, 0) is 20.6 Å². The van der Waals surface area contributed by atoms with Gasteiger partial charge in [-0.15, -0.1) is 0 Å². The summed E-state index contributed by atoms with van der Waals surface area (Å²) in [6.45, 7) is 5.39. The zero-order chi connectivity index (χ0) is 11.8. The quantitative estimate of drug-likeness (QED) is 0.628. The molecule has 0 radical (unpaired) electrons. The molecule has 0 N–H and O–H groups in total. The first-order valence-corrected chi connectivity index (χ1v) is 5.36. The van der Waals surface area contributed by atoms with Gasteiger partial charge in [-0.1, -0.05) is 5.16 Å². The average Bonchev–Trinajstić information content (AvgIpc) is 2.74. The summed E-state index contributed by atoms with van der Waals surface area (Å²) in [6.07, 6.45) is 0.0455. The molecule has 0 aliphatic rings. The molecule has 1 aromatic rings. The summed E-state index contributed by atoms with van der Waals surface area (Å²) >= 11 is 0. The molecule has 6 nitrogen and oxygen atoms in total. The van der Waals surface area contributed by atoms with Gasteiger partial charge in [0.05, 0.1) is 6.61 Å². The second kappa shape index (κ2) is 7.32. The second-order valence-corrected chi connectivity index (χ2v) is 3.03. The number of methoxy groups -OCH3 is 1. The van der Waals surface area contributed by atoms with Crippen LogP contribution in [0.4, 0.5) is 0 Å². The van der Waals surface area contributed by atoms with Crippen LogP contribution in [0, 0.1) is 0 Å². The molecule has 1 heterocycles. The summed E-state index contributed by atoms with van der Waals surface area (Å²) in [4.78, 5) is 4.18. The summed E-state index contributed by atoms with van der Waals surface area (Å²) < 4.78 is 20.7. The predicted molar refractivity (Wildman–Crippen MR) is 55.9 cm³/mol. The van der Waals surface area contributed by atoms with Gasteiger partial charge < -0.3 is 18.7 Å². The smallest absolute Gasteiger partial charge is 0.283 e. The molecule has 0 fully saturated rings. The van der Waals surface area contributed by atoms with Crippen molar-refractivity contribution in [1.29, 1.82) is 0 Å². The van der Waals surface area contributed by atoms with Crippen LogP contribution in [-0.4, -0.2) is 37.1 Å². The number of rotatable bonds is 8. The highest BCUT2D eigenvalue weighted by Gasteiger charge is 2.19. The molecule has 0 atom stereocenters. The molecule has 0 unspecified atom stereocenters. The Kier molecular flexibility index (Phi) is 5.99. The summed E-state index contributed by atoms with van der Waals surface area (Å²) in [6, 6.07) is 0. The summed E-state index contributed by atoms with van der Waals surface area (Å²) in [5.74, 6) is 0.955. The van der Waals surface area contributed by atoms with Crippen molar-refractivity contribution in [2.75, 3.05) is 26.9 Å². The first kappa shape index (κ1) is 13.1. The molecule has 0 aromatic carbocycles. The van der Waals surface area contributed by atoms with Gasteiger partial charge in [0, 0.05) is 26.7 Å². The van der Waals surface area contributed by atoms with Crippen molar-refractivity contribution in [3.63, 3.8) is 0 Å². The third kappa shape index (κ3) is 3.88. The second-order valence-electron chi connectivity index (χ2n) is 3.03.